The topological polar surface area (TPSA) is 101 Å². The predicted molar refractivity (Wildman–Crippen MR) is 104 cm³/mol. The van der Waals surface area contributed by atoms with Gasteiger partial charge in [-0.15, -0.1) is 0 Å². The van der Waals surface area contributed by atoms with Crippen molar-refractivity contribution >= 4 is 23.7 Å². The van der Waals surface area contributed by atoms with Crippen LogP contribution < -0.4 is 9.47 Å². The van der Waals surface area contributed by atoms with Crippen LogP contribution >= 0.6 is 11.6 Å². The number of methoxy groups -OCH3 is 2. The minimum atomic E-state index is -1.52. The first-order valence-electron chi connectivity index (χ1n) is 8.89. The van der Waals surface area contributed by atoms with Crippen LogP contribution in [-0.4, -0.2) is 42.0 Å². The molecule has 0 saturated heterocycles. The van der Waals surface area contributed by atoms with E-state index in [9.17, 15) is 9.59 Å². The highest BCUT2D eigenvalue weighted by Crippen LogP contribution is 2.46. The molecule has 8 nitrogen and oxygen atoms in total. The number of aldehydes is 1. The number of aryl methyl sites for hydroxylation is 1. The summed E-state index contributed by atoms with van der Waals surface area (Å²) in [5, 5.41) is 3.96. The molecule has 0 fully saturated rings. The molecule has 29 heavy (non-hydrogen) atoms. The highest BCUT2D eigenvalue weighted by atomic mass is 35.5. The molecule has 0 bridgehead atoms. The SMILES string of the molecule is COC1=CC(=O)C[C@@H](C)[C@]1(C=O)Oc1c(C)c(OC)cc(-c2nc(C)no2)c1Cl. The summed E-state index contributed by atoms with van der Waals surface area (Å²) in [6.07, 6.45) is 2.03. The van der Waals surface area contributed by atoms with Gasteiger partial charge in [0.05, 0.1) is 24.8 Å². The maximum Gasteiger partial charge on any atom is 0.259 e. The second-order valence-electron chi connectivity index (χ2n) is 6.84. The predicted octanol–water partition coefficient (Wildman–Crippen LogP) is 3.47. The number of aromatic nitrogens is 2. The summed E-state index contributed by atoms with van der Waals surface area (Å²) in [6.45, 7) is 5.17. The molecule has 9 heteroatoms. The van der Waals surface area contributed by atoms with Crippen LogP contribution in [0, 0.1) is 19.8 Å². The number of carbonyl (C=O) groups is 2. The fourth-order valence-corrected chi connectivity index (χ4v) is 3.66. The molecule has 0 spiro atoms. The van der Waals surface area contributed by atoms with Crippen molar-refractivity contribution in [2.75, 3.05) is 14.2 Å². The molecule has 2 aromatic rings. The van der Waals surface area contributed by atoms with Crippen LogP contribution in [0.25, 0.3) is 11.5 Å². The quantitative estimate of drug-likeness (QED) is 0.655. The minimum Gasteiger partial charge on any atom is -0.496 e. The van der Waals surface area contributed by atoms with E-state index in [2.05, 4.69) is 10.1 Å². The average molecular weight is 421 g/mol. The molecule has 0 amide bonds. The Kier molecular flexibility index (Phi) is 5.66. The van der Waals surface area contributed by atoms with Crippen LogP contribution in [0.2, 0.25) is 5.02 Å². The van der Waals surface area contributed by atoms with Gasteiger partial charge >= 0.3 is 0 Å². The lowest BCUT2D eigenvalue weighted by atomic mass is 9.79. The second kappa shape index (κ2) is 7.87. The Bertz CT molecular complexity index is 999. The second-order valence-corrected chi connectivity index (χ2v) is 7.22. The smallest absolute Gasteiger partial charge is 0.259 e. The first kappa shape index (κ1) is 20.9. The minimum absolute atomic E-state index is 0.115. The number of hydrogen-bond donors (Lipinski definition) is 0. The molecule has 0 saturated carbocycles. The summed E-state index contributed by atoms with van der Waals surface area (Å²) >= 11 is 6.64. The Labute approximate surface area is 172 Å². The third-order valence-corrected chi connectivity index (χ3v) is 5.36. The molecule has 1 aliphatic rings. The van der Waals surface area contributed by atoms with Crippen LogP contribution in [0.15, 0.2) is 22.4 Å². The average Bonchev–Trinajstić information content (AvgIpc) is 3.12. The van der Waals surface area contributed by atoms with E-state index in [1.807, 2.05) is 0 Å². The first-order chi connectivity index (χ1) is 13.8. The van der Waals surface area contributed by atoms with Gasteiger partial charge in [0.25, 0.3) is 5.89 Å². The summed E-state index contributed by atoms with van der Waals surface area (Å²) < 4.78 is 22.2. The fourth-order valence-electron chi connectivity index (χ4n) is 3.35. The van der Waals surface area contributed by atoms with Crippen LogP contribution in [0.1, 0.15) is 24.7 Å². The number of rotatable bonds is 6. The van der Waals surface area contributed by atoms with E-state index in [4.69, 9.17) is 30.3 Å². The molecule has 0 unspecified atom stereocenters. The molecule has 1 heterocycles. The molecule has 154 valence electrons. The lowest BCUT2D eigenvalue weighted by Gasteiger charge is -2.38. The molecular weight excluding hydrogens is 400 g/mol. The summed E-state index contributed by atoms with van der Waals surface area (Å²) in [7, 11) is 2.88. The summed E-state index contributed by atoms with van der Waals surface area (Å²) in [4.78, 5) is 28.4. The standard InChI is InChI=1S/C20H21ClN2O6/c1-10-6-13(25)7-16(27-5)20(10,9-24)28-18-11(2)15(26-4)8-14(17(18)21)19-22-12(3)23-29-19/h7-10H,6H2,1-5H3/t10-,20+/m1/s1. The maximum absolute atomic E-state index is 12.2. The van der Waals surface area contributed by atoms with Crippen molar-refractivity contribution in [3.05, 3.63) is 34.3 Å². The van der Waals surface area contributed by atoms with Crippen molar-refractivity contribution in [1.29, 1.82) is 0 Å². The van der Waals surface area contributed by atoms with Crippen LogP contribution in [0.3, 0.4) is 0 Å². The lowest BCUT2D eigenvalue weighted by Crippen LogP contribution is -2.50. The van der Waals surface area contributed by atoms with Gasteiger partial charge in [-0.3, -0.25) is 9.59 Å². The highest BCUT2D eigenvalue weighted by Gasteiger charge is 2.48. The van der Waals surface area contributed by atoms with Crippen molar-refractivity contribution in [1.82, 2.24) is 10.1 Å². The van der Waals surface area contributed by atoms with Crippen molar-refractivity contribution in [3.8, 4) is 23.0 Å². The summed E-state index contributed by atoms with van der Waals surface area (Å²) in [5.41, 5.74) is -0.558. The van der Waals surface area contributed by atoms with Crippen molar-refractivity contribution in [2.24, 2.45) is 5.92 Å². The Morgan fingerprint density at radius 2 is 2.03 bits per heavy atom. The molecule has 1 aromatic carbocycles. The number of carbonyl (C=O) groups excluding carboxylic acids is 2. The van der Waals surface area contributed by atoms with Gasteiger partial charge in [0.2, 0.25) is 5.60 Å². The Hall–Kier alpha value is -2.87. The van der Waals surface area contributed by atoms with Gasteiger partial charge in [0, 0.05) is 24.0 Å². The molecule has 1 aromatic heterocycles. The zero-order valence-electron chi connectivity index (χ0n) is 16.7. The molecular formula is C20H21ClN2O6. The third-order valence-electron chi connectivity index (χ3n) is 4.98. The fraction of sp³-hybridized carbons (Fsp3) is 0.400. The molecule has 3 rings (SSSR count). The van der Waals surface area contributed by atoms with E-state index in [-0.39, 0.29) is 34.6 Å². The Balaban J connectivity index is 2.21. The molecule has 1 aliphatic carbocycles. The highest BCUT2D eigenvalue weighted by molar-refractivity contribution is 6.35. The normalized spacial score (nSPS) is 21.5. The molecule has 2 atom stereocenters. The number of benzene rings is 1. The summed E-state index contributed by atoms with van der Waals surface area (Å²) in [6, 6.07) is 1.66. The maximum atomic E-state index is 12.2. The van der Waals surface area contributed by atoms with Crippen LogP contribution in [0.4, 0.5) is 0 Å². The van der Waals surface area contributed by atoms with Crippen LogP contribution in [-0.2, 0) is 14.3 Å². The zero-order valence-corrected chi connectivity index (χ0v) is 17.5. The third kappa shape index (κ3) is 3.48. The van der Waals surface area contributed by atoms with Gasteiger partial charge in [0.15, 0.2) is 23.7 Å². The van der Waals surface area contributed by atoms with E-state index in [1.165, 1.54) is 20.3 Å². The van der Waals surface area contributed by atoms with Crippen molar-refractivity contribution in [3.63, 3.8) is 0 Å². The number of hydrogen-bond acceptors (Lipinski definition) is 8. The number of ketones is 1. The van der Waals surface area contributed by atoms with E-state index in [0.29, 0.717) is 29.0 Å². The van der Waals surface area contributed by atoms with Gasteiger partial charge in [-0.2, -0.15) is 4.98 Å². The number of ether oxygens (including phenoxy) is 3. The largest absolute Gasteiger partial charge is 0.496 e. The molecule has 0 aliphatic heterocycles. The Morgan fingerprint density at radius 1 is 1.31 bits per heavy atom. The number of allylic oxidation sites excluding steroid dienone is 1. The van der Waals surface area contributed by atoms with Gasteiger partial charge in [-0.05, 0) is 19.9 Å². The van der Waals surface area contributed by atoms with Gasteiger partial charge in [-0.1, -0.05) is 23.7 Å². The number of nitrogens with zero attached hydrogens (tertiary/aromatic N) is 2. The van der Waals surface area contributed by atoms with Crippen molar-refractivity contribution < 1.29 is 28.3 Å². The van der Waals surface area contributed by atoms with Crippen molar-refractivity contribution in [2.45, 2.75) is 32.8 Å². The summed E-state index contributed by atoms with van der Waals surface area (Å²) in [5.74, 6) is 0.766. The molecule has 0 radical (unpaired) electrons. The van der Waals surface area contributed by atoms with E-state index in [0.717, 1.165) is 0 Å². The van der Waals surface area contributed by atoms with Gasteiger partial charge in [0.1, 0.15) is 11.5 Å². The van der Waals surface area contributed by atoms with Crippen LogP contribution in [0.5, 0.6) is 11.5 Å². The molecule has 0 N–H and O–H groups in total. The lowest BCUT2D eigenvalue weighted by molar-refractivity contribution is -0.130. The van der Waals surface area contributed by atoms with Gasteiger partial charge < -0.3 is 18.7 Å². The van der Waals surface area contributed by atoms with E-state index >= 15 is 0 Å². The van der Waals surface area contributed by atoms with Gasteiger partial charge in [-0.25, -0.2) is 0 Å². The zero-order chi connectivity index (χ0) is 21.3. The monoisotopic (exact) mass is 420 g/mol. The first-order valence-corrected chi connectivity index (χ1v) is 9.27. The van der Waals surface area contributed by atoms with E-state index in [1.54, 1.807) is 26.8 Å². The number of halogens is 1. The Morgan fingerprint density at radius 3 is 2.59 bits per heavy atom. The van der Waals surface area contributed by atoms with E-state index < -0.39 is 11.5 Å².